The quantitative estimate of drug-likeness (QED) is 0.836. The third-order valence-corrected chi connectivity index (χ3v) is 2.68. The van der Waals surface area contributed by atoms with Crippen LogP contribution in [0.5, 0.6) is 11.6 Å². The summed E-state index contributed by atoms with van der Waals surface area (Å²) in [5.41, 5.74) is 0.576. The summed E-state index contributed by atoms with van der Waals surface area (Å²) in [7, 11) is 0. The highest BCUT2D eigenvalue weighted by Crippen LogP contribution is 2.29. The maximum atomic E-state index is 8.66. The first kappa shape index (κ1) is 11.9. The van der Waals surface area contributed by atoms with E-state index in [2.05, 4.69) is 20.9 Å². The molecule has 1 heterocycles. The molecule has 0 radical (unpaired) electrons. The molecule has 0 aliphatic heterocycles. The Morgan fingerprint density at radius 2 is 2.00 bits per heavy atom. The van der Waals surface area contributed by atoms with Crippen LogP contribution in [0, 0.1) is 11.3 Å². The van der Waals surface area contributed by atoms with Crippen LogP contribution >= 0.6 is 27.5 Å². The van der Waals surface area contributed by atoms with E-state index < -0.39 is 0 Å². The Kier molecular flexibility index (Phi) is 3.62. The van der Waals surface area contributed by atoms with Crippen LogP contribution in [-0.4, -0.2) is 4.98 Å². The molecular weight excluding hydrogens is 304 g/mol. The van der Waals surface area contributed by atoms with Crippen LogP contribution in [0.3, 0.4) is 0 Å². The molecule has 0 saturated heterocycles. The molecule has 0 bridgehead atoms. The zero-order valence-corrected chi connectivity index (χ0v) is 10.9. The number of nitrogens with zero attached hydrogens (tertiary/aromatic N) is 2. The summed E-state index contributed by atoms with van der Waals surface area (Å²) < 4.78 is 6.28. The van der Waals surface area contributed by atoms with Crippen molar-refractivity contribution in [1.82, 2.24) is 4.98 Å². The molecule has 0 aliphatic carbocycles. The minimum Gasteiger partial charge on any atom is -0.438 e. The van der Waals surface area contributed by atoms with Gasteiger partial charge in [0, 0.05) is 10.7 Å². The summed E-state index contributed by atoms with van der Waals surface area (Å²) >= 11 is 9.23. The van der Waals surface area contributed by atoms with Gasteiger partial charge in [0.15, 0.2) is 0 Å². The van der Waals surface area contributed by atoms with Crippen molar-refractivity contribution in [3.8, 4) is 17.7 Å². The fourth-order valence-electron chi connectivity index (χ4n) is 1.19. The predicted molar refractivity (Wildman–Crippen MR) is 68.2 cm³/mol. The van der Waals surface area contributed by atoms with Gasteiger partial charge < -0.3 is 4.74 Å². The smallest absolute Gasteiger partial charge is 0.238 e. The third-order valence-electron chi connectivity index (χ3n) is 1.97. The molecule has 2 aromatic rings. The zero-order valence-electron chi connectivity index (χ0n) is 8.52. The summed E-state index contributed by atoms with van der Waals surface area (Å²) in [6.07, 6.45) is 1.60. The highest BCUT2D eigenvalue weighted by Gasteiger charge is 2.05. The maximum absolute atomic E-state index is 8.66. The molecule has 0 aliphatic rings. The van der Waals surface area contributed by atoms with E-state index in [1.54, 1.807) is 36.5 Å². The number of benzene rings is 1. The van der Waals surface area contributed by atoms with Gasteiger partial charge in [-0.2, -0.15) is 5.26 Å². The molecule has 3 nitrogen and oxygen atoms in total. The lowest BCUT2D eigenvalue weighted by atomic mass is 10.2. The number of hydrogen-bond donors (Lipinski definition) is 0. The van der Waals surface area contributed by atoms with Gasteiger partial charge in [-0.1, -0.05) is 11.6 Å². The molecule has 0 unspecified atom stereocenters. The molecule has 84 valence electrons. The van der Waals surface area contributed by atoms with Gasteiger partial charge in [-0.15, -0.1) is 0 Å². The summed E-state index contributed by atoms with van der Waals surface area (Å²) in [5.74, 6) is 0.917. The monoisotopic (exact) mass is 308 g/mol. The Hall–Kier alpha value is -1.57. The van der Waals surface area contributed by atoms with Crippen molar-refractivity contribution in [1.29, 1.82) is 5.26 Å². The Morgan fingerprint density at radius 1 is 1.29 bits per heavy atom. The van der Waals surface area contributed by atoms with Gasteiger partial charge in [0.1, 0.15) is 10.8 Å². The van der Waals surface area contributed by atoms with Crippen LogP contribution < -0.4 is 4.74 Å². The number of rotatable bonds is 2. The van der Waals surface area contributed by atoms with Crippen molar-refractivity contribution in [2.75, 3.05) is 0 Å². The summed E-state index contributed by atoms with van der Waals surface area (Å²) in [6.45, 7) is 0. The van der Waals surface area contributed by atoms with Crippen LogP contribution in [0.4, 0.5) is 0 Å². The van der Waals surface area contributed by atoms with E-state index in [0.29, 0.717) is 22.2 Å². The largest absolute Gasteiger partial charge is 0.438 e. The first-order valence-corrected chi connectivity index (χ1v) is 5.85. The average Bonchev–Trinajstić information content (AvgIpc) is 2.34. The van der Waals surface area contributed by atoms with E-state index >= 15 is 0 Å². The molecular formula is C12H6BrClN2O. The Bertz CT molecular complexity index is 578. The van der Waals surface area contributed by atoms with Crippen molar-refractivity contribution in [3.05, 3.63) is 51.6 Å². The Balaban J connectivity index is 2.23. The SMILES string of the molecule is N#Cc1ccc(Oc2ncc(Br)cc2Cl)cc1. The average molecular weight is 310 g/mol. The minimum absolute atomic E-state index is 0.333. The van der Waals surface area contributed by atoms with Crippen LogP contribution in [0.2, 0.25) is 5.02 Å². The van der Waals surface area contributed by atoms with Crippen LogP contribution in [0.15, 0.2) is 41.0 Å². The van der Waals surface area contributed by atoms with Gasteiger partial charge in [-0.3, -0.25) is 0 Å². The van der Waals surface area contributed by atoms with Gasteiger partial charge in [-0.05, 0) is 46.3 Å². The Labute approximate surface area is 112 Å². The lowest BCUT2D eigenvalue weighted by molar-refractivity contribution is 0.463. The molecule has 1 aromatic carbocycles. The fourth-order valence-corrected chi connectivity index (χ4v) is 1.85. The minimum atomic E-state index is 0.333. The van der Waals surface area contributed by atoms with Crippen molar-refractivity contribution < 1.29 is 4.74 Å². The van der Waals surface area contributed by atoms with Crippen molar-refractivity contribution in [3.63, 3.8) is 0 Å². The number of ether oxygens (including phenoxy) is 1. The van der Waals surface area contributed by atoms with E-state index in [4.69, 9.17) is 21.6 Å². The zero-order chi connectivity index (χ0) is 12.3. The molecule has 5 heteroatoms. The topological polar surface area (TPSA) is 45.9 Å². The fraction of sp³-hybridized carbons (Fsp3) is 0. The molecule has 2 rings (SSSR count). The Morgan fingerprint density at radius 3 is 2.59 bits per heavy atom. The van der Waals surface area contributed by atoms with Gasteiger partial charge in [0.25, 0.3) is 0 Å². The van der Waals surface area contributed by atoms with E-state index in [0.717, 1.165) is 4.47 Å². The lowest BCUT2D eigenvalue weighted by Gasteiger charge is -2.06. The molecule has 1 aromatic heterocycles. The van der Waals surface area contributed by atoms with Gasteiger partial charge in [0.2, 0.25) is 5.88 Å². The van der Waals surface area contributed by atoms with E-state index in [1.807, 2.05) is 6.07 Å². The number of nitriles is 1. The van der Waals surface area contributed by atoms with Gasteiger partial charge in [-0.25, -0.2) is 4.98 Å². The first-order valence-electron chi connectivity index (χ1n) is 4.68. The van der Waals surface area contributed by atoms with Crippen LogP contribution in [-0.2, 0) is 0 Å². The van der Waals surface area contributed by atoms with Crippen LogP contribution in [0.25, 0.3) is 0 Å². The highest BCUT2D eigenvalue weighted by molar-refractivity contribution is 9.10. The second-order valence-electron chi connectivity index (χ2n) is 3.18. The van der Waals surface area contributed by atoms with E-state index in [1.165, 1.54) is 0 Å². The number of pyridine rings is 1. The normalized spacial score (nSPS) is 9.71. The lowest BCUT2D eigenvalue weighted by Crippen LogP contribution is -1.89. The molecule has 0 atom stereocenters. The van der Waals surface area contributed by atoms with Crippen molar-refractivity contribution in [2.24, 2.45) is 0 Å². The molecule has 0 fully saturated rings. The predicted octanol–water partition coefficient (Wildman–Crippen LogP) is 4.16. The number of aromatic nitrogens is 1. The molecule has 0 saturated carbocycles. The highest BCUT2D eigenvalue weighted by atomic mass is 79.9. The molecule has 0 amide bonds. The van der Waals surface area contributed by atoms with E-state index in [-0.39, 0.29) is 0 Å². The van der Waals surface area contributed by atoms with Gasteiger partial charge >= 0.3 is 0 Å². The molecule has 0 spiro atoms. The second-order valence-corrected chi connectivity index (χ2v) is 4.50. The maximum Gasteiger partial charge on any atom is 0.238 e. The number of hydrogen-bond acceptors (Lipinski definition) is 3. The second kappa shape index (κ2) is 5.17. The summed E-state index contributed by atoms with van der Waals surface area (Å²) in [6, 6.07) is 10.5. The van der Waals surface area contributed by atoms with Gasteiger partial charge in [0.05, 0.1) is 11.6 Å². The molecule has 17 heavy (non-hydrogen) atoms. The molecule has 0 N–H and O–H groups in total. The standard InChI is InChI=1S/C12H6BrClN2O/c13-9-5-11(14)12(16-7-9)17-10-3-1-8(6-15)2-4-10/h1-5,7H. The van der Waals surface area contributed by atoms with Crippen molar-refractivity contribution >= 4 is 27.5 Å². The summed E-state index contributed by atoms with van der Waals surface area (Å²) in [4.78, 5) is 4.05. The van der Waals surface area contributed by atoms with Crippen molar-refractivity contribution in [2.45, 2.75) is 0 Å². The van der Waals surface area contributed by atoms with Crippen LogP contribution in [0.1, 0.15) is 5.56 Å². The third kappa shape index (κ3) is 2.96. The van der Waals surface area contributed by atoms with E-state index in [9.17, 15) is 0 Å². The first-order chi connectivity index (χ1) is 8.19. The summed E-state index contributed by atoms with van der Waals surface area (Å²) in [5, 5.41) is 9.08. The number of halogens is 2.